The minimum Gasteiger partial charge on any atom is -0.508 e. The third-order valence-electron chi connectivity index (χ3n) is 6.27. The number of ether oxygens (including phenoxy) is 5. The van der Waals surface area contributed by atoms with Crippen molar-refractivity contribution in [1.82, 2.24) is 0 Å². The summed E-state index contributed by atoms with van der Waals surface area (Å²) in [7, 11) is 1.17. The number of aromatic hydroxyl groups is 1. The van der Waals surface area contributed by atoms with E-state index in [9.17, 15) is 35.1 Å². The summed E-state index contributed by atoms with van der Waals surface area (Å²) in [6, 6.07) is 5.62. The molecule has 1 aromatic carbocycles. The molecule has 0 aliphatic carbocycles. The van der Waals surface area contributed by atoms with Crippen LogP contribution in [-0.4, -0.2) is 88.5 Å². The Morgan fingerprint density at radius 2 is 1.78 bits per heavy atom. The normalized spacial score (nSPS) is 32.8. The smallest absolute Gasteiger partial charge is 0.337 e. The molecule has 1 saturated heterocycles. The van der Waals surface area contributed by atoms with Gasteiger partial charge in [0.15, 0.2) is 6.29 Å². The predicted octanol–water partition coefficient (Wildman–Crippen LogP) is -0.0357. The quantitative estimate of drug-likeness (QED) is 0.226. The van der Waals surface area contributed by atoms with Crippen molar-refractivity contribution in [3.8, 4) is 5.75 Å². The molecule has 0 unspecified atom stereocenters. The van der Waals surface area contributed by atoms with Crippen LogP contribution in [0.5, 0.6) is 5.75 Å². The molecule has 0 aromatic heterocycles. The Balaban J connectivity index is 2.16. The number of carbonyl (C=O) groups is 2. The third-order valence-corrected chi connectivity index (χ3v) is 6.27. The molecular formula is C25H32O12. The zero-order chi connectivity index (χ0) is 27.3. The monoisotopic (exact) mass is 524 g/mol. The molecule has 0 saturated carbocycles. The highest BCUT2D eigenvalue weighted by Crippen LogP contribution is 2.48. The standard InChI is InChI=1S/C25H32O12/c1-4-17-15(10-19(28)34-5-2)16(23(32)33-3)12-35-25(17,13-6-8-14(27)9-7-13)37-24-22(31)21(30)20(29)18(11-26)36-24/h4,6-9,12,15,18,20-22,24,26-27,29-31H,5,10-11H2,1-3H3/b17-4+/t15-,18-,20-,21+,22-,24+,25+/m1/s1. The average Bonchev–Trinajstić information content (AvgIpc) is 2.89. The highest BCUT2D eigenvalue weighted by Gasteiger charge is 2.54. The number of esters is 2. The lowest BCUT2D eigenvalue weighted by Crippen LogP contribution is -2.61. The summed E-state index contributed by atoms with van der Waals surface area (Å²) in [6.07, 6.45) is -5.72. The van der Waals surface area contributed by atoms with Crippen LogP contribution >= 0.6 is 0 Å². The molecular weight excluding hydrogens is 492 g/mol. The summed E-state index contributed by atoms with van der Waals surface area (Å²) in [5.41, 5.74) is 0.492. The van der Waals surface area contributed by atoms with Crippen LogP contribution in [0.4, 0.5) is 0 Å². The van der Waals surface area contributed by atoms with Gasteiger partial charge in [0.25, 0.3) is 5.79 Å². The van der Waals surface area contributed by atoms with E-state index in [4.69, 9.17) is 23.7 Å². The van der Waals surface area contributed by atoms with Gasteiger partial charge in [0.05, 0.1) is 38.6 Å². The number of carbonyl (C=O) groups excluding carboxylic acids is 2. The van der Waals surface area contributed by atoms with Crippen molar-refractivity contribution in [1.29, 1.82) is 0 Å². The van der Waals surface area contributed by atoms with Crippen LogP contribution in [-0.2, 0) is 39.1 Å². The fourth-order valence-electron chi connectivity index (χ4n) is 4.41. The molecule has 12 nitrogen and oxygen atoms in total. The molecule has 3 rings (SSSR count). The van der Waals surface area contributed by atoms with Gasteiger partial charge in [0, 0.05) is 17.1 Å². The van der Waals surface area contributed by atoms with E-state index in [-0.39, 0.29) is 35.5 Å². The number of phenolic OH excluding ortho intramolecular Hbond substituents is 1. The Morgan fingerprint density at radius 3 is 2.35 bits per heavy atom. The first kappa shape index (κ1) is 28.6. The maximum atomic E-state index is 12.6. The number of benzene rings is 1. The van der Waals surface area contributed by atoms with Gasteiger partial charge >= 0.3 is 11.9 Å². The van der Waals surface area contributed by atoms with Crippen molar-refractivity contribution < 1.29 is 58.8 Å². The number of hydrogen-bond donors (Lipinski definition) is 5. The zero-order valence-electron chi connectivity index (χ0n) is 20.6. The minimum atomic E-state index is -1.95. The van der Waals surface area contributed by atoms with Gasteiger partial charge in [0.1, 0.15) is 30.2 Å². The zero-order valence-corrected chi connectivity index (χ0v) is 20.6. The van der Waals surface area contributed by atoms with Crippen molar-refractivity contribution in [2.45, 2.75) is 56.8 Å². The highest BCUT2D eigenvalue weighted by atomic mass is 16.8. The topological polar surface area (TPSA) is 181 Å². The fraction of sp³-hybridized carbons (Fsp3) is 0.520. The maximum Gasteiger partial charge on any atom is 0.337 e. The third kappa shape index (κ3) is 5.64. The van der Waals surface area contributed by atoms with Crippen LogP contribution in [0.1, 0.15) is 25.8 Å². The number of allylic oxidation sites excluding steroid dienone is 1. The Morgan fingerprint density at radius 1 is 1.11 bits per heavy atom. The molecule has 2 aliphatic rings. The summed E-state index contributed by atoms with van der Waals surface area (Å²) in [4.78, 5) is 25.1. The summed E-state index contributed by atoms with van der Waals surface area (Å²) in [5.74, 6) is -4.37. The molecule has 2 heterocycles. The first-order chi connectivity index (χ1) is 17.6. The Bertz CT molecular complexity index is 1020. The van der Waals surface area contributed by atoms with E-state index in [1.54, 1.807) is 19.9 Å². The van der Waals surface area contributed by atoms with Crippen molar-refractivity contribution in [2.75, 3.05) is 20.3 Å². The van der Waals surface area contributed by atoms with Crippen molar-refractivity contribution >= 4 is 11.9 Å². The van der Waals surface area contributed by atoms with E-state index < -0.39 is 61.0 Å². The number of aliphatic hydroxyl groups is 4. The van der Waals surface area contributed by atoms with Crippen molar-refractivity contribution in [2.24, 2.45) is 5.92 Å². The van der Waals surface area contributed by atoms with Crippen molar-refractivity contribution in [3.05, 3.63) is 53.3 Å². The molecule has 1 aromatic rings. The average molecular weight is 525 g/mol. The molecule has 37 heavy (non-hydrogen) atoms. The molecule has 12 heteroatoms. The van der Waals surface area contributed by atoms with Gasteiger partial charge in [-0.1, -0.05) is 6.08 Å². The second kappa shape index (κ2) is 12.0. The van der Waals surface area contributed by atoms with E-state index in [1.165, 1.54) is 31.4 Å². The van der Waals surface area contributed by atoms with E-state index in [0.717, 1.165) is 6.26 Å². The van der Waals surface area contributed by atoms with Gasteiger partial charge < -0.3 is 49.2 Å². The lowest BCUT2D eigenvalue weighted by molar-refractivity contribution is -0.360. The fourth-order valence-corrected chi connectivity index (χ4v) is 4.41. The van der Waals surface area contributed by atoms with Crippen LogP contribution in [0.3, 0.4) is 0 Å². The van der Waals surface area contributed by atoms with Crippen LogP contribution < -0.4 is 0 Å². The molecule has 0 spiro atoms. The molecule has 7 atom stereocenters. The van der Waals surface area contributed by atoms with Crippen LogP contribution in [0.25, 0.3) is 0 Å². The Kier molecular flexibility index (Phi) is 9.29. The highest BCUT2D eigenvalue weighted by molar-refractivity contribution is 5.91. The van der Waals surface area contributed by atoms with E-state index in [1.807, 2.05) is 0 Å². The van der Waals surface area contributed by atoms with Crippen LogP contribution in [0.2, 0.25) is 0 Å². The summed E-state index contributed by atoms with van der Waals surface area (Å²) < 4.78 is 27.7. The minimum absolute atomic E-state index is 0.00420. The summed E-state index contributed by atoms with van der Waals surface area (Å²) in [5, 5.41) is 50.6. The summed E-state index contributed by atoms with van der Waals surface area (Å²) >= 11 is 0. The van der Waals surface area contributed by atoms with Gasteiger partial charge in [0.2, 0.25) is 0 Å². The molecule has 1 fully saturated rings. The molecule has 0 amide bonds. The lowest BCUT2D eigenvalue weighted by atomic mass is 9.79. The van der Waals surface area contributed by atoms with E-state index in [2.05, 4.69) is 0 Å². The van der Waals surface area contributed by atoms with Gasteiger partial charge in [-0.3, -0.25) is 4.79 Å². The number of hydrogen-bond acceptors (Lipinski definition) is 12. The molecule has 204 valence electrons. The lowest BCUT2D eigenvalue weighted by Gasteiger charge is -2.47. The van der Waals surface area contributed by atoms with Crippen LogP contribution in [0.15, 0.2) is 47.7 Å². The molecule has 2 aliphatic heterocycles. The van der Waals surface area contributed by atoms with E-state index in [0.29, 0.717) is 0 Å². The largest absolute Gasteiger partial charge is 0.508 e. The molecule has 0 bridgehead atoms. The first-order valence-electron chi connectivity index (χ1n) is 11.7. The Labute approximate surface area is 213 Å². The van der Waals surface area contributed by atoms with Crippen LogP contribution in [0, 0.1) is 5.92 Å². The molecule has 5 N–H and O–H groups in total. The van der Waals surface area contributed by atoms with Gasteiger partial charge in [-0.25, -0.2) is 4.79 Å². The second-order valence-electron chi connectivity index (χ2n) is 8.47. The predicted molar refractivity (Wildman–Crippen MR) is 124 cm³/mol. The van der Waals surface area contributed by atoms with Gasteiger partial charge in [-0.2, -0.15) is 0 Å². The SMILES string of the molecule is C/C=C1\[C@H](CC(=O)OCC)C(C(=O)OC)=CO[C@]1(O[C@@H]1O[C@H](CO)[C@@H](O)[C@H](O)[C@H]1O)c1ccc(O)cc1. The number of phenols is 1. The van der Waals surface area contributed by atoms with Gasteiger partial charge in [-0.05, 0) is 38.1 Å². The van der Waals surface area contributed by atoms with E-state index >= 15 is 0 Å². The molecule has 0 radical (unpaired) electrons. The van der Waals surface area contributed by atoms with Gasteiger partial charge in [-0.15, -0.1) is 0 Å². The number of rotatable bonds is 8. The second-order valence-corrected chi connectivity index (χ2v) is 8.47. The number of aliphatic hydroxyl groups excluding tert-OH is 4. The number of methoxy groups -OCH3 is 1. The first-order valence-corrected chi connectivity index (χ1v) is 11.7. The Hall–Kier alpha value is -3.00. The maximum absolute atomic E-state index is 12.6. The van der Waals surface area contributed by atoms with Crippen molar-refractivity contribution in [3.63, 3.8) is 0 Å². The summed E-state index contributed by atoms with van der Waals surface area (Å²) in [6.45, 7) is 2.67.